The first kappa shape index (κ1) is 9.48. The first-order chi connectivity index (χ1) is 4.48. The summed E-state index contributed by atoms with van der Waals surface area (Å²) in [6, 6.07) is 0. The van der Waals surface area contributed by atoms with Crippen molar-refractivity contribution in [2.24, 2.45) is 0 Å². The second-order valence-corrected chi connectivity index (χ2v) is 2.63. The van der Waals surface area contributed by atoms with Crippen molar-refractivity contribution >= 4 is 0 Å². The predicted molar refractivity (Wildman–Crippen MR) is 40.1 cm³/mol. The Morgan fingerprint density at radius 3 is 2.40 bits per heavy atom. The van der Waals surface area contributed by atoms with Crippen molar-refractivity contribution in [2.45, 2.75) is 32.0 Å². The number of aliphatic hydroxyl groups excluding tert-OH is 1. The Morgan fingerprint density at radius 2 is 2.10 bits per heavy atom. The van der Waals surface area contributed by atoms with Gasteiger partial charge >= 0.3 is 0 Å². The van der Waals surface area contributed by atoms with Crippen molar-refractivity contribution in [3.05, 3.63) is 6.92 Å². The highest BCUT2D eigenvalue weighted by atomic mass is 16.3. The van der Waals surface area contributed by atoms with Gasteiger partial charge in [0.15, 0.2) is 0 Å². The highest BCUT2D eigenvalue weighted by Crippen LogP contribution is 2.06. The summed E-state index contributed by atoms with van der Waals surface area (Å²) in [7, 11) is 0. The lowest BCUT2D eigenvalue weighted by molar-refractivity contribution is -0.0177. The second kappa shape index (κ2) is 3.60. The minimum Gasteiger partial charge on any atom is -0.387 e. The number of hydrogen-bond donors (Lipinski definition) is 2. The van der Waals surface area contributed by atoms with Crippen LogP contribution in [0.4, 0.5) is 0 Å². The Kier molecular flexibility index (Phi) is 3.41. The molecule has 0 fully saturated rings. The van der Waals surface area contributed by atoms with Gasteiger partial charge in [-0.25, -0.2) is 0 Å². The summed E-state index contributed by atoms with van der Waals surface area (Å²) in [5, 5.41) is 18.2. The van der Waals surface area contributed by atoms with Gasteiger partial charge in [-0.05, 0) is 20.8 Å². The van der Waals surface area contributed by atoms with Gasteiger partial charge in [-0.1, -0.05) is 5.92 Å². The number of aliphatic hydroxyl groups is 2. The Balaban J connectivity index is 3.97. The average molecular weight is 141 g/mol. The molecule has 0 heterocycles. The summed E-state index contributed by atoms with van der Waals surface area (Å²) in [6.07, 6.45) is -0.526. The van der Waals surface area contributed by atoms with Crippen LogP contribution >= 0.6 is 0 Å². The molecule has 0 aliphatic heterocycles. The third-order valence-corrected chi connectivity index (χ3v) is 1.03. The van der Waals surface area contributed by atoms with Crippen molar-refractivity contribution in [2.75, 3.05) is 0 Å². The third kappa shape index (κ3) is 3.49. The molecule has 0 aromatic carbocycles. The maximum atomic E-state index is 9.14. The Bertz CT molecular complexity index is 145. The van der Waals surface area contributed by atoms with Crippen LogP contribution in [-0.2, 0) is 0 Å². The van der Waals surface area contributed by atoms with Crippen LogP contribution in [0, 0.1) is 18.8 Å². The van der Waals surface area contributed by atoms with E-state index in [4.69, 9.17) is 10.2 Å². The van der Waals surface area contributed by atoms with E-state index < -0.39 is 11.7 Å². The minimum absolute atomic E-state index is 0.452. The molecule has 1 radical (unpaired) electrons. The van der Waals surface area contributed by atoms with E-state index in [1.165, 1.54) is 13.8 Å². The Morgan fingerprint density at radius 1 is 1.60 bits per heavy atom. The molecule has 0 aromatic rings. The fraction of sp³-hybridized carbons (Fsp3) is 0.625. The molecule has 0 aliphatic carbocycles. The first-order valence-corrected chi connectivity index (χ1v) is 3.16. The summed E-state index contributed by atoms with van der Waals surface area (Å²) >= 11 is 0. The molecular weight excluding hydrogens is 128 g/mol. The van der Waals surface area contributed by atoms with Gasteiger partial charge in [-0.3, -0.25) is 0 Å². The summed E-state index contributed by atoms with van der Waals surface area (Å²) < 4.78 is 0. The van der Waals surface area contributed by atoms with E-state index in [-0.39, 0.29) is 0 Å². The maximum absolute atomic E-state index is 9.14. The Labute approximate surface area is 61.9 Å². The quantitative estimate of drug-likeness (QED) is 0.517. The maximum Gasteiger partial charge on any atom is 0.142 e. The van der Waals surface area contributed by atoms with E-state index in [9.17, 15) is 0 Å². The van der Waals surface area contributed by atoms with Crippen molar-refractivity contribution in [1.29, 1.82) is 0 Å². The molecule has 0 amide bonds. The van der Waals surface area contributed by atoms with E-state index in [2.05, 4.69) is 18.8 Å². The zero-order valence-corrected chi connectivity index (χ0v) is 6.39. The average Bonchev–Trinajstić information content (AvgIpc) is 1.80. The van der Waals surface area contributed by atoms with E-state index in [1.807, 2.05) is 0 Å². The van der Waals surface area contributed by atoms with Gasteiger partial charge in [0.1, 0.15) is 6.10 Å². The molecule has 0 aliphatic rings. The summed E-state index contributed by atoms with van der Waals surface area (Å²) in [5.74, 6) is 5.05. The normalized spacial score (nSPS) is 13.7. The molecule has 0 saturated carbocycles. The zero-order chi connectivity index (χ0) is 8.20. The molecule has 1 atom stereocenters. The standard InChI is InChI=1S/C8H13O2/c1-4-5-6-7(9)8(2,3)10/h7,9-10H,1,4H2,2-3H3. The monoisotopic (exact) mass is 141 g/mol. The van der Waals surface area contributed by atoms with E-state index in [0.29, 0.717) is 6.42 Å². The van der Waals surface area contributed by atoms with Crippen molar-refractivity contribution in [3.8, 4) is 11.8 Å². The predicted octanol–water partition coefficient (Wildman–Crippen LogP) is 0.346. The molecule has 2 nitrogen and oxygen atoms in total. The molecule has 0 saturated heterocycles. The summed E-state index contributed by atoms with van der Waals surface area (Å²) in [4.78, 5) is 0. The molecule has 1 unspecified atom stereocenters. The molecule has 0 spiro atoms. The summed E-state index contributed by atoms with van der Waals surface area (Å²) in [6.45, 7) is 6.49. The van der Waals surface area contributed by atoms with E-state index in [1.54, 1.807) is 0 Å². The van der Waals surface area contributed by atoms with Gasteiger partial charge in [-0.2, -0.15) is 0 Å². The molecule has 0 bridgehead atoms. The summed E-state index contributed by atoms with van der Waals surface area (Å²) in [5.41, 5.74) is -1.14. The van der Waals surface area contributed by atoms with Crippen LogP contribution in [0.3, 0.4) is 0 Å². The smallest absolute Gasteiger partial charge is 0.142 e. The largest absolute Gasteiger partial charge is 0.387 e. The topological polar surface area (TPSA) is 40.5 Å². The lowest BCUT2D eigenvalue weighted by Gasteiger charge is -2.19. The fourth-order valence-corrected chi connectivity index (χ4v) is 0.345. The molecule has 2 N–H and O–H groups in total. The molecule has 0 rings (SSSR count). The van der Waals surface area contributed by atoms with Gasteiger partial charge in [0, 0.05) is 6.42 Å². The SMILES string of the molecule is [CH2]CC#CC(O)C(C)(C)O. The van der Waals surface area contributed by atoms with Crippen LogP contribution in [-0.4, -0.2) is 21.9 Å². The third-order valence-electron chi connectivity index (χ3n) is 1.03. The molecule has 10 heavy (non-hydrogen) atoms. The van der Waals surface area contributed by atoms with Gasteiger partial charge in [0.05, 0.1) is 5.60 Å². The van der Waals surface area contributed by atoms with Crippen LogP contribution in [0.5, 0.6) is 0 Å². The van der Waals surface area contributed by atoms with Gasteiger partial charge in [0.2, 0.25) is 0 Å². The molecule has 0 aromatic heterocycles. The highest BCUT2D eigenvalue weighted by molar-refractivity contribution is 5.09. The lowest BCUT2D eigenvalue weighted by atomic mass is 10.0. The molecule has 2 heteroatoms. The lowest BCUT2D eigenvalue weighted by Crippen LogP contribution is -2.34. The van der Waals surface area contributed by atoms with Crippen molar-refractivity contribution in [3.63, 3.8) is 0 Å². The number of rotatable bonds is 1. The van der Waals surface area contributed by atoms with Crippen molar-refractivity contribution in [1.82, 2.24) is 0 Å². The van der Waals surface area contributed by atoms with Gasteiger partial charge in [-0.15, -0.1) is 5.92 Å². The molecule has 57 valence electrons. The van der Waals surface area contributed by atoms with E-state index in [0.717, 1.165) is 0 Å². The molecular formula is C8H13O2. The minimum atomic E-state index is -1.14. The Hall–Kier alpha value is -0.520. The van der Waals surface area contributed by atoms with Crippen molar-refractivity contribution < 1.29 is 10.2 Å². The van der Waals surface area contributed by atoms with Gasteiger partial charge in [0.25, 0.3) is 0 Å². The fourth-order valence-electron chi connectivity index (χ4n) is 0.345. The van der Waals surface area contributed by atoms with Crippen LogP contribution in [0.2, 0.25) is 0 Å². The second-order valence-electron chi connectivity index (χ2n) is 2.63. The van der Waals surface area contributed by atoms with Gasteiger partial charge < -0.3 is 10.2 Å². The van der Waals surface area contributed by atoms with Crippen LogP contribution in [0.25, 0.3) is 0 Å². The van der Waals surface area contributed by atoms with Crippen LogP contribution < -0.4 is 0 Å². The van der Waals surface area contributed by atoms with Crippen LogP contribution in [0.1, 0.15) is 20.3 Å². The highest BCUT2D eigenvalue weighted by Gasteiger charge is 2.21. The van der Waals surface area contributed by atoms with E-state index >= 15 is 0 Å². The first-order valence-electron chi connectivity index (χ1n) is 3.16. The van der Waals surface area contributed by atoms with Crippen LogP contribution in [0.15, 0.2) is 0 Å². The zero-order valence-electron chi connectivity index (χ0n) is 6.39. The number of hydrogen-bond acceptors (Lipinski definition) is 2.